The Balaban J connectivity index is 2.06. The Labute approximate surface area is 109 Å². The molecular formula is C11H16BNO4S. The number of carbonyl (C=O) groups excluding carboxylic acids is 1. The van der Waals surface area contributed by atoms with Gasteiger partial charge in [-0.1, -0.05) is 11.5 Å². The van der Waals surface area contributed by atoms with Crippen LogP contribution in [0.1, 0.15) is 17.7 Å². The molecule has 0 aromatic carbocycles. The number of ether oxygens (including phenoxy) is 1. The highest BCUT2D eigenvalue weighted by Crippen LogP contribution is 2.40. The number of nitrogens with zero attached hydrogens (tertiary/aromatic N) is 1. The molecule has 1 aromatic heterocycles. The third kappa shape index (κ3) is 1.30. The van der Waals surface area contributed by atoms with Gasteiger partial charge in [-0.15, -0.1) is 11.3 Å². The summed E-state index contributed by atoms with van der Waals surface area (Å²) < 4.78 is 4.88. The van der Waals surface area contributed by atoms with Crippen molar-refractivity contribution in [1.82, 2.24) is 0 Å². The standard InChI is InChI=1S/C11H16BNO4S/c1-17-11(14)9-3-2-5-13(9)7-10-8(4-6-18-10)12(13,15)16/h4,6,9,15-16H,2-3,5,7H2,1H3/t9-,13-/m0/s1. The summed E-state index contributed by atoms with van der Waals surface area (Å²) in [4.78, 5) is 12.9. The Morgan fingerprint density at radius 1 is 1.61 bits per heavy atom. The fraction of sp³-hybridized carbons (Fsp3) is 0.545. The fourth-order valence-electron chi connectivity index (χ4n) is 3.57. The highest BCUT2D eigenvalue weighted by Gasteiger charge is 2.61. The van der Waals surface area contributed by atoms with Crippen LogP contribution in [-0.2, 0) is 16.1 Å². The Morgan fingerprint density at radius 2 is 2.39 bits per heavy atom. The molecule has 1 fully saturated rings. The molecule has 18 heavy (non-hydrogen) atoms. The minimum Gasteiger partial charge on any atom is -0.524 e. The summed E-state index contributed by atoms with van der Waals surface area (Å²) >= 11 is 1.52. The molecule has 0 radical (unpaired) electrons. The van der Waals surface area contributed by atoms with E-state index in [4.69, 9.17) is 4.74 Å². The number of fused-ring (bicyclic) bond motifs is 1. The van der Waals surface area contributed by atoms with Crippen LogP contribution in [0.3, 0.4) is 0 Å². The molecule has 1 aromatic rings. The lowest BCUT2D eigenvalue weighted by atomic mass is 9.63. The molecule has 2 atom stereocenters. The summed E-state index contributed by atoms with van der Waals surface area (Å²) in [6.07, 6.45) is 1.48. The van der Waals surface area contributed by atoms with Crippen LogP contribution >= 0.6 is 11.3 Å². The largest absolute Gasteiger partial charge is 0.524 e. The second-order valence-corrected chi connectivity index (χ2v) is 6.20. The first kappa shape index (κ1) is 12.2. The summed E-state index contributed by atoms with van der Waals surface area (Å²) in [5.41, 5.74) is 0.607. The van der Waals surface area contributed by atoms with Crippen LogP contribution in [0, 0.1) is 0 Å². The van der Waals surface area contributed by atoms with Crippen molar-refractivity contribution in [3.8, 4) is 0 Å². The van der Waals surface area contributed by atoms with E-state index in [0.717, 1.165) is 11.3 Å². The number of hydrogen-bond donors (Lipinski definition) is 2. The number of carbonyl (C=O) groups is 1. The van der Waals surface area contributed by atoms with Crippen molar-refractivity contribution in [2.45, 2.75) is 25.4 Å². The molecule has 2 aliphatic heterocycles. The molecule has 2 N–H and O–H groups in total. The number of hydrogen-bond acceptors (Lipinski definition) is 5. The van der Waals surface area contributed by atoms with E-state index in [0.29, 0.717) is 25.0 Å². The summed E-state index contributed by atoms with van der Waals surface area (Å²) in [5.74, 6) is -0.336. The third-order valence-corrected chi connectivity index (χ3v) is 5.42. The average molecular weight is 269 g/mol. The normalized spacial score (nSPS) is 32.7. The molecule has 98 valence electrons. The number of methoxy groups -OCH3 is 1. The van der Waals surface area contributed by atoms with Gasteiger partial charge in [0.15, 0.2) is 6.04 Å². The molecule has 2 aliphatic rings. The summed E-state index contributed by atoms with van der Waals surface area (Å²) in [7, 11) is 1.35. The van der Waals surface area contributed by atoms with E-state index in [1.165, 1.54) is 18.4 Å². The lowest BCUT2D eigenvalue weighted by Crippen LogP contribution is -2.73. The molecule has 5 nitrogen and oxygen atoms in total. The highest BCUT2D eigenvalue weighted by molar-refractivity contribution is 7.12. The molecule has 3 heterocycles. The van der Waals surface area contributed by atoms with Gasteiger partial charge in [0.05, 0.1) is 13.7 Å². The Kier molecular flexibility index (Phi) is 2.57. The van der Waals surface area contributed by atoms with Crippen molar-refractivity contribution in [2.24, 2.45) is 0 Å². The van der Waals surface area contributed by atoms with E-state index in [1.807, 2.05) is 5.38 Å². The van der Waals surface area contributed by atoms with Gasteiger partial charge in [-0.05, 0) is 11.8 Å². The molecule has 3 rings (SSSR count). The van der Waals surface area contributed by atoms with Gasteiger partial charge < -0.3 is 19.2 Å². The minimum atomic E-state index is -2.71. The Hall–Kier alpha value is -0.885. The van der Waals surface area contributed by atoms with Gasteiger partial charge >= 0.3 is 12.7 Å². The van der Waals surface area contributed by atoms with Crippen LogP contribution in [-0.4, -0.2) is 46.8 Å². The van der Waals surface area contributed by atoms with E-state index < -0.39 is 12.7 Å². The first-order valence-corrected chi connectivity index (χ1v) is 7.01. The van der Waals surface area contributed by atoms with Gasteiger partial charge in [-0.3, -0.25) is 0 Å². The number of esters is 1. The number of rotatable bonds is 1. The van der Waals surface area contributed by atoms with Gasteiger partial charge in [-0.2, -0.15) is 0 Å². The molecular weight excluding hydrogens is 253 g/mol. The predicted molar refractivity (Wildman–Crippen MR) is 68.0 cm³/mol. The van der Waals surface area contributed by atoms with E-state index in [-0.39, 0.29) is 10.4 Å². The van der Waals surface area contributed by atoms with E-state index >= 15 is 0 Å². The van der Waals surface area contributed by atoms with Crippen LogP contribution in [0.25, 0.3) is 0 Å². The molecule has 0 unspecified atom stereocenters. The van der Waals surface area contributed by atoms with E-state index in [2.05, 4.69) is 0 Å². The van der Waals surface area contributed by atoms with Crippen molar-refractivity contribution in [3.05, 3.63) is 16.3 Å². The van der Waals surface area contributed by atoms with Crippen LogP contribution < -0.4 is 5.46 Å². The van der Waals surface area contributed by atoms with Crippen LogP contribution in [0.2, 0.25) is 0 Å². The number of quaternary nitrogens is 1. The maximum Gasteiger partial charge on any atom is 0.500 e. The molecule has 0 aliphatic carbocycles. The molecule has 7 heteroatoms. The Bertz CT molecular complexity index is 503. The van der Waals surface area contributed by atoms with E-state index in [1.54, 1.807) is 6.07 Å². The lowest BCUT2D eigenvalue weighted by molar-refractivity contribution is -0.860. The van der Waals surface area contributed by atoms with Crippen molar-refractivity contribution < 1.29 is 24.0 Å². The molecule has 0 bridgehead atoms. The monoisotopic (exact) mass is 269 g/mol. The second-order valence-electron chi connectivity index (χ2n) is 5.20. The van der Waals surface area contributed by atoms with Gasteiger partial charge in [0, 0.05) is 17.8 Å². The average Bonchev–Trinajstić information content (AvgIpc) is 2.99. The van der Waals surface area contributed by atoms with Gasteiger partial charge in [-0.25, -0.2) is 4.79 Å². The highest BCUT2D eigenvalue weighted by atomic mass is 32.1. The minimum absolute atomic E-state index is 0.0503. The van der Waals surface area contributed by atoms with Crippen LogP contribution in [0.4, 0.5) is 0 Å². The van der Waals surface area contributed by atoms with Crippen LogP contribution in [0.5, 0.6) is 0 Å². The quantitative estimate of drug-likeness (QED) is 0.535. The summed E-state index contributed by atoms with van der Waals surface area (Å²) in [6, 6.07) is 1.31. The van der Waals surface area contributed by atoms with E-state index in [9.17, 15) is 14.8 Å². The summed E-state index contributed by atoms with van der Waals surface area (Å²) in [5, 5.41) is 23.0. The maximum atomic E-state index is 11.9. The second kappa shape index (κ2) is 3.80. The topological polar surface area (TPSA) is 66.8 Å². The smallest absolute Gasteiger partial charge is 0.500 e. The first-order valence-electron chi connectivity index (χ1n) is 6.13. The zero-order valence-electron chi connectivity index (χ0n) is 10.2. The van der Waals surface area contributed by atoms with Gasteiger partial charge in [0.1, 0.15) is 0 Å². The zero-order valence-corrected chi connectivity index (χ0v) is 11.0. The van der Waals surface area contributed by atoms with Gasteiger partial charge in [0.25, 0.3) is 0 Å². The van der Waals surface area contributed by atoms with Crippen LogP contribution in [0.15, 0.2) is 11.4 Å². The first-order chi connectivity index (χ1) is 8.53. The fourth-order valence-corrected chi connectivity index (χ4v) is 4.63. The Morgan fingerprint density at radius 3 is 3.06 bits per heavy atom. The SMILES string of the molecule is COC(=O)[C@@H]1CCC[N@+]12Cc1sccc1[B-]2(O)O. The van der Waals surface area contributed by atoms with Crippen molar-refractivity contribution in [2.75, 3.05) is 13.7 Å². The summed E-state index contributed by atoms with van der Waals surface area (Å²) in [6.45, 7) is -1.56. The van der Waals surface area contributed by atoms with Crippen molar-refractivity contribution >= 4 is 29.5 Å². The van der Waals surface area contributed by atoms with Crippen molar-refractivity contribution in [3.63, 3.8) is 0 Å². The molecule has 0 saturated carbocycles. The molecule has 1 saturated heterocycles. The van der Waals surface area contributed by atoms with Gasteiger partial charge in [0.2, 0.25) is 0 Å². The lowest BCUT2D eigenvalue weighted by Gasteiger charge is -2.49. The number of thiophene rings is 1. The zero-order chi connectivity index (χ0) is 13.0. The molecule has 0 amide bonds. The third-order valence-electron chi connectivity index (χ3n) is 4.50. The maximum absolute atomic E-state index is 11.9. The van der Waals surface area contributed by atoms with Crippen molar-refractivity contribution in [1.29, 1.82) is 0 Å². The molecule has 1 spiro atoms. The predicted octanol–water partition coefficient (Wildman–Crippen LogP) is -0.456.